The number of benzene rings is 3. The normalized spacial score (nSPS) is 10.2. The number of rotatable bonds is 8. The first-order valence-electron chi connectivity index (χ1n) is 11.1. The van der Waals surface area contributed by atoms with Gasteiger partial charge in [0.2, 0.25) is 0 Å². The van der Waals surface area contributed by atoms with Gasteiger partial charge in [-0.2, -0.15) is 0 Å². The number of hydrogen-bond donors (Lipinski definition) is 2. The standard InChI is InChI=1S/C15H11N3.C12H18O3/c1-3-7-12(8-4-1)14-16-11-17-15(18-14)13-9-5-2-6-10-13;1-2-3-4-5-8-15-10-6-7-11(13)12(14)9-10/h1-11H;6-7,9,13-14H,2-5,8H2,1H3. The fraction of sp³-hybridized carbons (Fsp3) is 0.222. The highest BCUT2D eigenvalue weighted by Crippen LogP contribution is 2.28. The third-order valence-corrected chi connectivity index (χ3v) is 4.85. The Morgan fingerprint density at radius 3 is 1.85 bits per heavy atom. The predicted octanol–water partition coefficient (Wildman–Crippen LogP) is 6.26. The first-order valence-corrected chi connectivity index (χ1v) is 11.1. The third-order valence-electron chi connectivity index (χ3n) is 4.85. The van der Waals surface area contributed by atoms with Gasteiger partial charge < -0.3 is 14.9 Å². The van der Waals surface area contributed by atoms with E-state index in [2.05, 4.69) is 21.9 Å². The quantitative estimate of drug-likeness (QED) is 0.247. The molecule has 1 heterocycles. The van der Waals surface area contributed by atoms with Crippen molar-refractivity contribution in [3.8, 4) is 40.0 Å². The molecule has 0 saturated carbocycles. The van der Waals surface area contributed by atoms with E-state index in [9.17, 15) is 5.11 Å². The molecule has 33 heavy (non-hydrogen) atoms. The van der Waals surface area contributed by atoms with Crippen molar-refractivity contribution in [3.05, 3.63) is 85.2 Å². The molecule has 6 heteroatoms. The molecule has 0 fully saturated rings. The molecule has 6 nitrogen and oxygen atoms in total. The minimum absolute atomic E-state index is 0.117. The summed E-state index contributed by atoms with van der Waals surface area (Å²) < 4.78 is 5.42. The van der Waals surface area contributed by atoms with E-state index < -0.39 is 0 Å². The molecule has 4 rings (SSSR count). The Bertz CT molecular complexity index is 1050. The summed E-state index contributed by atoms with van der Waals surface area (Å²) in [5.41, 5.74) is 1.99. The molecule has 3 aromatic carbocycles. The van der Waals surface area contributed by atoms with E-state index >= 15 is 0 Å². The summed E-state index contributed by atoms with van der Waals surface area (Å²) in [6.45, 7) is 2.82. The largest absolute Gasteiger partial charge is 0.504 e. The summed E-state index contributed by atoms with van der Waals surface area (Å²) in [4.78, 5) is 12.9. The molecule has 4 aromatic rings. The van der Waals surface area contributed by atoms with Crippen molar-refractivity contribution in [1.29, 1.82) is 0 Å². The second-order valence-electron chi connectivity index (χ2n) is 7.42. The van der Waals surface area contributed by atoms with Gasteiger partial charge in [-0.1, -0.05) is 86.8 Å². The average molecular weight is 444 g/mol. The first kappa shape index (κ1) is 23.7. The van der Waals surface area contributed by atoms with Crippen LogP contribution in [-0.2, 0) is 0 Å². The van der Waals surface area contributed by atoms with Crippen molar-refractivity contribution in [3.63, 3.8) is 0 Å². The maximum absolute atomic E-state index is 9.21. The number of aromatic hydroxyl groups is 2. The van der Waals surface area contributed by atoms with Crippen LogP contribution in [0.4, 0.5) is 0 Å². The van der Waals surface area contributed by atoms with Gasteiger partial charge in [0.05, 0.1) is 6.61 Å². The van der Waals surface area contributed by atoms with E-state index in [0.717, 1.165) is 17.5 Å². The molecule has 0 atom stereocenters. The first-order chi connectivity index (χ1) is 16.2. The molecular formula is C27H29N3O3. The van der Waals surface area contributed by atoms with Crippen LogP contribution in [0.2, 0.25) is 0 Å². The Labute approximate surface area is 194 Å². The molecule has 0 aliphatic rings. The molecule has 0 aliphatic heterocycles. The van der Waals surface area contributed by atoms with Crippen LogP contribution in [-0.4, -0.2) is 31.8 Å². The number of phenols is 2. The van der Waals surface area contributed by atoms with Crippen molar-refractivity contribution in [2.24, 2.45) is 0 Å². The summed E-state index contributed by atoms with van der Waals surface area (Å²) >= 11 is 0. The van der Waals surface area contributed by atoms with Gasteiger partial charge in [-0.3, -0.25) is 0 Å². The lowest BCUT2D eigenvalue weighted by molar-refractivity contribution is 0.302. The van der Waals surface area contributed by atoms with E-state index in [1.807, 2.05) is 60.7 Å². The summed E-state index contributed by atoms with van der Waals surface area (Å²) in [5, 5.41) is 18.3. The maximum Gasteiger partial charge on any atom is 0.163 e. The third kappa shape index (κ3) is 7.61. The molecule has 1 aromatic heterocycles. The van der Waals surface area contributed by atoms with Crippen LogP contribution in [0.15, 0.2) is 85.2 Å². The van der Waals surface area contributed by atoms with Gasteiger partial charge in [-0.05, 0) is 18.6 Å². The second kappa shape index (κ2) is 12.8. The molecule has 0 radical (unpaired) electrons. The summed E-state index contributed by atoms with van der Waals surface area (Å²) in [6, 6.07) is 24.3. The topological polar surface area (TPSA) is 88.4 Å². The molecular weight excluding hydrogens is 414 g/mol. The number of unbranched alkanes of at least 4 members (excludes halogenated alkanes) is 3. The van der Waals surface area contributed by atoms with E-state index in [1.54, 1.807) is 12.4 Å². The van der Waals surface area contributed by atoms with Crippen LogP contribution in [0.25, 0.3) is 22.8 Å². The lowest BCUT2D eigenvalue weighted by Gasteiger charge is -2.06. The Balaban J connectivity index is 0.000000190. The summed E-state index contributed by atoms with van der Waals surface area (Å²) in [5.74, 6) is 1.74. The van der Waals surface area contributed by atoms with Gasteiger partial charge in [-0.25, -0.2) is 15.0 Å². The molecule has 0 amide bonds. The summed E-state index contributed by atoms with van der Waals surface area (Å²) in [6.07, 6.45) is 6.18. The number of hydrogen-bond acceptors (Lipinski definition) is 6. The molecule has 170 valence electrons. The zero-order chi connectivity index (χ0) is 23.3. The highest BCUT2D eigenvalue weighted by molar-refractivity contribution is 5.60. The van der Waals surface area contributed by atoms with Crippen LogP contribution in [0, 0.1) is 0 Å². The average Bonchev–Trinajstić information content (AvgIpc) is 2.87. The Hall–Kier alpha value is -3.93. The predicted molar refractivity (Wildman–Crippen MR) is 130 cm³/mol. The molecule has 0 unspecified atom stereocenters. The van der Waals surface area contributed by atoms with E-state index in [0.29, 0.717) is 24.0 Å². The molecule has 0 saturated heterocycles. The van der Waals surface area contributed by atoms with Crippen LogP contribution in [0.3, 0.4) is 0 Å². The SMILES string of the molecule is CCCCCCOc1ccc(O)c(O)c1.c1ccc(-c2ncnc(-c3ccccc3)n2)cc1. The lowest BCUT2D eigenvalue weighted by Crippen LogP contribution is -1.96. The van der Waals surface area contributed by atoms with Gasteiger partial charge in [-0.15, -0.1) is 0 Å². The number of aromatic nitrogens is 3. The van der Waals surface area contributed by atoms with Crippen molar-refractivity contribution < 1.29 is 14.9 Å². The number of nitrogens with zero attached hydrogens (tertiary/aromatic N) is 3. The zero-order valence-corrected chi connectivity index (χ0v) is 18.8. The van der Waals surface area contributed by atoms with E-state index in [-0.39, 0.29) is 11.5 Å². The number of phenolic OH excluding ortho intramolecular Hbond substituents is 2. The molecule has 2 N–H and O–H groups in total. The molecule has 0 aliphatic carbocycles. The number of ether oxygens (including phenoxy) is 1. The fourth-order valence-electron chi connectivity index (χ4n) is 3.06. The molecule has 0 spiro atoms. The minimum Gasteiger partial charge on any atom is -0.504 e. The van der Waals surface area contributed by atoms with Crippen molar-refractivity contribution in [1.82, 2.24) is 15.0 Å². The van der Waals surface area contributed by atoms with Crippen molar-refractivity contribution in [2.75, 3.05) is 6.61 Å². The maximum atomic E-state index is 9.21. The Kier molecular flexibility index (Phi) is 9.21. The van der Waals surface area contributed by atoms with Gasteiger partial charge in [0.15, 0.2) is 23.1 Å². The highest BCUT2D eigenvalue weighted by Gasteiger charge is 2.04. The second-order valence-corrected chi connectivity index (χ2v) is 7.42. The Morgan fingerprint density at radius 1 is 0.697 bits per heavy atom. The monoisotopic (exact) mass is 443 g/mol. The van der Waals surface area contributed by atoms with E-state index in [4.69, 9.17) is 9.84 Å². The summed E-state index contributed by atoms with van der Waals surface area (Å²) in [7, 11) is 0. The van der Waals surface area contributed by atoms with Crippen LogP contribution < -0.4 is 4.74 Å². The zero-order valence-electron chi connectivity index (χ0n) is 18.8. The van der Waals surface area contributed by atoms with Crippen LogP contribution >= 0.6 is 0 Å². The fourth-order valence-corrected chi connectivity index (χ4v) is 3.06. The van der Waals surface area contributed by atoms with Crippen molar-refractivity contribution in [2.45, 2.75) is 32.6 Å². The van der Waals surface area contributed by atoms with Crippen LogP contribution in [0.1, 0.15) is 32.6 Å². The lowest BCUT2D eigenvalue weighted by atomic mass is 10.2. The minimum atomic E-state index is -0.138. The van der Waals surface area contributed by atoms with Gasteiger partial charge >= 0.3 is 0 Å². The Morgan fingerprint density at radius 2 is 1.30 bits per heavy atom. The van der Waals surface area contributed by atoms with Crippen LogP contribution in [0.5, 0.6) is 17.2 Å². The highest BCUT2D eigenvalue weighted by atomic mass is 16.5. The van der Waals surface area contributed by atoms with Gasteiger partial charge in [0.25, 0.3) is 0 Å². The molecule has 0 bridgehead atoms. The van der Waals surface area contributed by atoms with Gasteiger partial charge in [0.1, 0.15) is 12.1 Å². The van der Waals surface area contributed by atoms with Crippen molar-refractivity contribution >= 4 is 0 Å². The van der Waals surface area contributed by atoms with E-state index in [1.165, 1.54) is 31.4 Å². The van der Waals surface area contributed by atoms with Gasteiger partial charge in [0, 0.05) is 17.2 Å². The smallest absolute Gasteiger partial charge is 0.163 e.